The lowest BCUT2D eigenvalue weighted by Crippen LogP contribution is -2.13. The molecule has 0 spiro atoms. The van der Waals surface area contributed by atoms with E-state index in [1.165, 1.54) is 18.3 Å². The van der Waals surface area contributed by atoms with Crippen LogP contribution in [0.25, 0.3) is 5.69 Å². The van der Waals surface area contributed by atoms with Gasteiger partial charge in [-0.3, -0.25) is 4.79 Å². The van der Waals surface area contributed by atoms with Crippen molar-refractivity contribution < 1.29 is 14.5 Å². The van der Waals surface area contributed by atoms with Crippen LogP contribution in [0.1, 0.15) is 21.7 Å². The van der Waals surface area contributed by atoms with E-state index in [0.29, 0.717) is 10.6 Å². The van der Waals surface area contributed by atoms with Crippen LogP contribution in [-0.4, -0.2) is 26.9 Å². The Morgan fingerprint density at radius 1 is 1.26 bits per heavy atom. The Labute approximate surface area is 160 Å². The average Bonchev–Trinajstić information content (AvgIpc) is 2.94. The second kappa shape index (κ2) is 7.59. The van der Waals surface area contributed by atoms with Gasteiger partial charge in [-0.15, -0.1) is 0 Å². The van der Waals surface area contributed by atoms with Gasteiger partial charge in [-0.05, 0) is 60.2 Å². The van der Waals surface area contributed by atoms with Crippen LogP contribution in [0.5, 0.6) is 5.75 Å². The zero-order chi connectivity index (χ0) is 19.6. The highest BCUT2D eigenvalue weighted by molar-refractivity contribution is 6.30. The smallest absolute Gasteiger partial charge is 0.406 e. The summed E-state index contributed by atoms with van der Waals surface area (Å²) in [6.07, 6.45) is 1.30. The van der Waals surface area contributed by atoms with Crippen LogP contribution in [0.15, 0.2) is 48.7 Å². The van der Waals surface area contributed by atoms with E-state index < -0.39 is 10.7 Å². The molecule has 3 aromatic rings. The third-order valence-electron chi connectivity index (χ3n) is 4.08. The van der Waals surface area contributed by atoms with Gasteiger partial charge in [-0.25, -0.2) is 0 Å². The maximum absolute atomic E-state index is 12.6. The molecule has 0 saturated carbocycles. The van der Waals surface area contributed by atoms with Gasteiger partial charge in [0.1, 0.15) is 6.20 Å². The molecule has 0 N–H and O–H groups in total. The minimum atomic E-state index is -0.648. The van der Waals surface area contributed by atoms with Crippen LogP contribution in [0.3, 0.4) is 0 Å². The van der Waals surface area contributed by atoms with E-state index in [9.17, 15) is 14.9 Å². The number of Topliss-reactive ketones (excluding diaryl/α,β-unsaturated/α-hetero) is 1. The molecule has 2 heterocycles. The number of aromatic nitrogens is 2. The van der Waals surface area contributed by atoms with Gasteiger partial charge < -0.3 is 19.4 Å². The minimum Gasteiger partial charge on any atom is -0.477 e. The molecule has 0 bridgehead atoms. The molecule has 0 unspecified atom stereocenters. The number of ether oxygens (including phenoxy) is 1. The fourth-order valence-corrected chi connectivity index (χ4v) is 3.10. The van der Waals surface area contributed by atoms with E-state index in [4.69, 9.17) is 16.3 Å². The van der Waals surface area contributed by atoms with Gasteiger partial charge in [0.25, 0.3) is 0 Å². The van der Waals surface area contributed by atoms with Gasteiger partial charge in [0.2, 0.25) is 11.5 Å². The fraction of sp³-hybridized carbons (Fsp3) is 0.158. The monoisotopic (exact) mass is 385 g/mol. The molecule has 7 nitrogen and oxygen atoms in total. The van der Waals surface area contributed by atoms with Crippen LogP contribution in [-0.2, 0) is 0 Å². The lowest BCUT2D eigenvalue weighted by Gasteiger charge is -2.10. The van der Waals surface area contributed by atoms with E-state index in [-0.39, 0.29) is 18.1 Å². The number of carbonyl (C=O) groups is 1. The summed E-state index contributed by atoms with van der Waals surface area (Å²) in [7, 11) is 0. The van der Waals surface area contributed by atoms with E-state index in [2.05, 4.69) is 4.98 Å². The van der Waals surface area contributed by atoms with Crippen molar-refractivity contribution in [2.75, 3.05) is 6.61 Å². The molecule has 0 amide bonds. The second-order valence-electron chi connectivity index (χ2n) is 5.89. The summed E-state index contributed by atoms with van der Waals surface area (Å²) in [6.45, 7) is 3.39. The number of pyridine rings is 1. The molecular formula is C19H16ClN3O4. The lowest BCUT2D eigenvalue weighted by atomic mass is 10.1. The SMILES string of the molecule is Cc1cc(C(=O)COc2cccnc2[N+](=O)[O-])c(C)n1-c1cccc(Cl)c1. The van der Waals surface area contributed by atoms with Crippen molar-refractivity contribution in [2.45, 2.75) is 13.8 Å². The molecule has 0 fully saturated rings. The Morgan fingerprint density at radius 3 is 2.74 bits per heavy atom. The van der Waals surface area contributed by atoms with Crippen LogP contribution in [0.4, 0.5) is 5.82 Å². The molecule has 27 heavy (non-hydrogen) atoms. The van der Waals surface area contributed by atoms with Gasteiger partial charge in [0.15, 0.2) is 6.61 Å². The van der Waals surface area contributed by atoms with Gasteiger partial charge in [-0.2, -0.15) is 0 Å². The highest BCUT2D eigenvalue weighted by atomic mass is 35.5. The molecule has 0 atom stereocenters. The van der Waals surface area contributed by atoms with Gasteiger partial charge >= 0.3 is 5.82 Å². The molecule has 0 radical (unpaired) electrons. The number of halogens is 1. The molecule has 0 aliphatic heterocycles. The third kappa shape index (κ3) is 3.83. The van der Waals surface area contributed by atoms with Crippen LogP contribution in [0.2, 0.25) is 5.02 Å². The number of carbonyl (C=O) groups excluding carboxylic acids is 1. The largest absolute Gasteiger partial charge is 0.477 e. The van der Waals surface area contributed by atoms with Crippen molar-refractivity contribution in [1.29, 1.82) is 0 Å². The van der Waals surface area contributed by atoms with Gasteiger partial charge in [-0.1, -0.05) is 17.7 Å². The van der Waals surface area contributed by atoms with Crippen molar-refractivity contribution >= 4 is 23.2 Å². The predicted molar refractivity (Wildman–Crippen MR) is 101 cm³/mol. The maximum Gasteiger partial charge on any atom is 0.406 e. The Morgan fingerprint density at radius 2 is 2.04 bits per heavy atom. The summed E-state index contributed by atoms with van der Waals surface area (Å²) in [6, 6.07) is 12.0. The minimum absolute atomic E-state index is 0.0421. The van der Waals surface area contributed by atoms with E-state index in [1.807, 2.05) is 36.6 Å². The number of benzene rings is 1. The average molecular weight is 386 g/mol. The van der Waals surface area contributed by atoms with Crippen molar-refractivity contribution in [2.24, 2.45) is 0 Å². The Balaban J connectivity index is 1.85. The third-order valence-corrected chi connectivity index (χ3v) is 4.32. The topological polar surface area (TPSA) is 87.3 Å². The quantitative estimate of drug-likeness (QED) is 0.358. The first kappa shape index (κ1) is 18.6. The number of hydrogen-bond acceptors (Lipinski definition) is 5. The lowest BCUT2D eigenvalue weighted by molar-refractivity contribution is -0.390. The number of nitro groups is 1. The predicted octanol–water partition coefficient (Wildman–Crippen LogP) is 4.31. The van der Waals surface area contributed by atoms with E-state index in [0.717, 1.165) is 17.1 Å². The van der Waals surface area contributed by atoms with Crippen molar-refractivity contribution in [3.05, 3.63) is 80.7 Å². The molecule has 1 aromatic carbocycles. The van der Waals surface area contributed by atoms with E-state index >= 15 is 0 Å². The van der Waals surface area contributed by atoms with E-state index in [1.54, 1.807) is 12.1 Å². The molecule has 0 saturated heterocycles. The van der Waals surface area contributed by atoms with Crippen molar-refractivity contribution in [3.63, 3.8) is 0 Å². The molecule has 3 rings (SSSR count). The first-order valence-corrected chi connectivity index (χ1v) is 8.46. The number of rotatable bonds is 6. The second-order valence-corrected chi connectivity index (χ2v) is 6.33. The highest BCUT2D eigenvalue weighted by Crippen LogP contribution is 2.25. The summed E-state index contributed by atoms with van der Waals surface area (Å²) in [4.78, 5) is 26.6. The first-order chi connectivity index (χ1) is 12.9. The molecular weight excluding hydrogens is 370 g/mol. The van der Waals surface area contributed by atoms with Crippen LogP contribution >= 0.6 is 11.6 Å². The molecule has 138 valence electrons. The maximum atomic E-state index is 12.6. The summed E-state index contributed by atoms with van der Waals surface area (Å²) < 4.78 is 7.28. The molecule has 2 aromatic heterocycles. The summed E-state index contributed by atoms with van der Waals surface area (Å²) in [5.74, 6) is -0.747. The van der Waals surface area contributed by atoms with Crippen molar-refractivity contribution in [1.82, 2.24) is 9.55 Å². The Kier molecular flexibility index (Phi) is 5.23. The number of aryl methyl sites for hydroxylation is 1. The summed E-state index contributed by atoms with van der Waals surface area (Å²) in [5, 5.41) is 11.6. The Hall–Kier alpha value is -3.19. The highest BCUT2D eigenvalue weighted by Gasteiger charge is 2.20. The summed E-state index contributed by atoms with van der Waals surface area (Å²) in [5.41, 5.74) is 2.94. The molecule has 8 heteroatoms. The zero-order valence-electron chi connectivity index (χ0n) is 14.7. The Bertz CT molecular complexity index is 1030. The standard InChI is InChI=1S/C19H16ClN3O4/c1-12-9-16(13(2)22(12)15-6-3-5-14(20)10-15)17(24)11-27-18-7-4-8-21-19(18)23(25)26/h3-10H,11H2,1-2H3. The summed E-state index contributed by atoms with van der Waals surface area (Å²) >= 11 is 6.07. The number of nitrogens with zero attached hydrogens (tertiary/aromatic N) is 3. The fourth-order valence-electron chi connectivity index (χ4n) is 2.91. The normalized spacial score (nSPS) is 10.6. The first-order valence-electron chi connectivity index (χ1n) is 8.08. The van der Waals surface area contributed by atoms with Gasteiger partial charge in [0.05, 0.1) is 0 Å². The molecule has 0 aliphatic carbocycles. The number of hydrogen-bond donors (Lipinski definition) is 0. The van der Waals surface area contributed by atoms with Crippen molar-refractivity contribution in [3.8, 4) is 11.4 Å². The number of ketones is 1. The molecule has 0 aliphatic rings. The van der Waals surface area contributed by atoms with Crippen LogP contribution in [0, 0.1) is 24.0 Å². The zero-order valence-corrected chi connectivity index (χ0v) is 15.4. The van der Waals surface area contributed by atoms with Gasteiger partial charge in [0, 0.05) is 27.7 Å². The van der Waals surface area contributed by atoms with Crippen LogP contribution < -0.4 is 4.74 Å².